The van der Waals surface area contributed by atoms with Crippen molar-refractivity contribution in [3.63, 3.8) is 0 Å². The molecule has 0 fully saturated rings. The van der Waals surface area contributed by atoms with E-state index in [-0.39, 0.29) is 0 Å². The standard InChI is InChI=1S/C14H26BrN3/c1-5-10-16-12(6-2)8-9-13-14(15)11(4)17-18(13)7-3/h12,16H,5-10H2,1-4H3. The number of nitrogens with one attached hydrogen (secondary N) is 1. The average Bonchev–Trinajstić information content (AvgIpc) is 2.66. The number of nitrogens with zero attached hydrogens (tertiary/aromatic N) is 2. The van der Waals surface area contributed by atoms with E-state index < -0.39 is 0 Å². The van der Waals surface area contributed by atoms with Gasteiger partial charge in [0.15, 0.2) is 0 Å². The van der Waals surface area contributed by atoms with Gasteiger partial charge in [0.1, 0.15) is 0 Å². The highest BCUT2D eigenvalue weighted by Crippen LogP contribution is 2.23. The molecule has 1 atom stereocenters. The number of hydrogen-bond donors (Lipinski definition) is 1. The molecule has 0 aromatic carbocycles. The third-order valence-corrected chi connectivity index (χ3v) is 4.39. The predicted octanol–water partition coefficient (Wildman–Crippen LogP) is 3.68. The molecule has 1 heterocycles. The average molecular weight is 316 g/mol. The molecule has 4 heteroatoms. The van der Waals surface area contributed by atoms with Gasteiger partial charge in [-0.15, -0.1) is 0 Å². The fraction of sp³-hybridized carbons (Fsp3) is 0.786. The van der Waals surface area contributed by atoms with Gasteiger partial charge >= 0.3 is 0 Å². The monoisotopic (exact) mass is 315 g/mol. The first-order valence-electron chi connectivity index (χ1n) is 7.09. The highest BCUT2D eigenvalue weighted by molar-refractivity contribution is 9.10. The summed E-state index contributed by atoms with van der Waals surface area (Å²) in [7, 11) is 0. The van der Waals surface area contributed by atoms with Crippen LogP contribution in [0.2, 0.25) is 0 Å². The van der Waals surface area contributed by atoms with E-state index in [0.717, 1.165) is 25.2 Å². The second-order valence-corrected chi connectivity index (χ2v) is 5.55. The molecule has 0 bridgehead atoms. The first kappa shape index (κ1) is 15.7. The molecular weight excluding hydrogens is 290 g/mol. The van der Waals surface area contributed by atoms with Crippen LogP contribution in [0.5, 0.6) is 0 Å². The second kappa shape index (κ2) is 7.95. The van der Waals surface area contributed by atoms with Crippen LogP contribution in [-0.2, 0) is 13.0 Å². The van der Waals surface area contributed by atoms with Gasteiger partial charge in [0.05, 0.1) is 15.9 Å². The Morgan fingerprint density at radius 2 is 2.06 bits per heavy atom. The molecular formula is C14H26BrN3. The van der Waals surface area contributed by atoms with Crippen LogP contribution in [0.3, 0.4) is 0 Å². The van der Waals surface area contributed by atoms with Crippen LogP contribution in [0.25, 0.3) is 0 Å². The van der Waals surface area contributed by atoms with Crippen LogP contribution in [0.15, 0.2) is 4.47 Å². The molecule has 0 saturated carbocycles. The maximum absolute atomic E-state index is 4.54. The fourth-order valence-electron chi connectivity index (χ4n) is 2.22. The van der Waals surface area contributed by atoms with Crippen LogP contribution in [0.1, 0.15) is 51.4 Å². The minimum atomic E-state index is 0.623. The summed E-state index contributed by atoms with van der Waals surface area (Å²) in [4.78, 5) is 0. The van der Waals surface area contributed by atoms with Gasteiger partial charge < -0.3 is 5.32 Å². The Balaban J connectivity index is 2.61. The van der Waals surface area contributed by atoms with Gasteiger partial charge in [-0.2, -0.15) is 5.10 Å². The number of aromatic nitrogens is 2. The van der Waals surface area contributed by atoms with Crippen LogP contribution in [-0.4, -0.2) is 22.4 Å². The SMILES string of the molecule is CCCNC(CC)CCc1c(Br)c(C)nn1CC. The minimum Gasteiger partial charge on any atom is -0.314 e. The third kappa shape index (κ3) is 4.09. The van der Waals surface area contributed by atoms with E-state index in [4.69, 9.17) is 0 Å². The molecule has 0 saturated heterocycles. The molecule has 18 heavy (non-hydrogen) atoms. The number of hydrogen-bond acceptors (Lipinski definition) is 2. The molecule has 1 aromatic heterocycles. The van der Waals surface area contributed by atoms with E-state index >= 15 is 0 Å². The number of halogens is 1. The molecule has 0 aliphatic rings. The molecule has 1 aromatic rings. The Labute approximate surface area is 119 Å². The Bertz CT molecular complexity index is 360. The summed E-state index contributed by atoms with van der Waals surface area (Å²) in [6.45, 7) is 10.7. The van der Waals surface area contributed by atoms with E-state index in [2.05, 4.69) is 58.7 Å². The Morgan fingerprint density at radius 1 is 1.33 bits per heavy atom. The Hall–Kier alpha value is -0.350. The van der Waals surface area contributed by atoms with Crippen molar-refractivity contribution in [3.8, 4) is 0 Å². The third-order valence-electron chi connectivity index (χ3n) is 3.36. The Morgan fingerprint density at radius 3 is 2.61 bits per heavy atom. The smallest absolute Gasteiger partial charge is 0.0738 e. The lowest BCUT2D eigenvalue weighted by Gasteiger charge is -2.16. The maximum atomic E-state index is 4.54. The molecule has 0 radical (unpaired) electrons. The van der Waals surface area contributed by atoms with E-state index in [1.807, 2.05) is 0 Å². The van der Waals surface area contributed by atoms with Crippen molar-refractivity contribution >= 4 is 15.9 Å². The molecule has 0 spiro atoms. The zero-order chi connectivity index (χ0) is 13.5. The zero-order valence-corrected chi connectivity index (χ0v) is 13.7. The summed E-state index contributed by atoms with van der Waals surface area (Å²) in [6, 6.07) is 0.623. The van der Waals surface area contributed by atoms with E-state index in [0.29, 0.717) is 6.04 Å². The normalized spacial score (nSPS) is 12.9. The summed E-state index contributed by atoms with van der Waals surface area (Å²) >= 11 is 3.66. The zero-order valence-electron chi connectivity index (χ0n) is 12.1. The topological polar surface area (TPSA) is 29.9 Å². The van der Waals surface area contributed by atoms with Crippen molar-refractivity contribution in [1.29, 1.82) is 0 Å². The molecule has 0 aliphatic carbocycles. The lowest BCUT2D eigenvalue weighted by atomic mass is 10.1. The summed E-state index contributed by atoms with van der Waals surface area (Å²) in [5.41, 5.74) is 2.44. The summed E-state index contributed by atoms with van der Waals surface area (Å²) in [5, 5.41) is 8.15. The van der Waals surface area contributed by atoms with Crippen molar-refractivity contribution in [3.05, 3.63) is 15.9 Å². The molecule has 0 amide bonds. The highest BCUT2D eigenvalue weighted by Gasteiger charge is 2.13. The molecule has 1 N–H and O–H groups in total. The largest absolute Gasteiger partial charge is 0.314 e. The molecule has 1 rings (SSSR count). The first-order valence-corrected chi connectivity index (χ1v) is 7.88. The Kier molecular flexibility index (Phi) is 6.94. The van der Waals surface area contributed by atoms with Gasteiger partial charge in [-0.05, 0) is 62.0 Å². The van der Waals surface area contributed by atoms with Gasteiger partial charge in [-0.1, -0.05) is 13.8 Å². The van der Waals surface area contributed by atoms with Crippen LogP contribution < -0.4 is 5.32 Å². The van der Waals surface area contributed by atoms with Crippen molar-refractivity contribution in [2.24, 2.45) is 0 Å². The fourth-order valence-corrected chi connectivity index (χ4v) is 2.70. The van der Waals surface area contributed by atoms with Gasteiger partial charge in [0, 0.05) is 12.6 Å². The van der Waals surface area contributed by atoms with Crippen molar-refractivity contribution in [1.82, 2.24) is 15.1 Å². The molecule has 104 valence electrons. The van der Waals surface area contributed by atoms with E-state index in [1.165, 1.54) is 29.4 Å². The highest BCUT2D eigenvalue weighted by atomic mass is 79.9. The summed E-state index contributed by atoms with van der Waals surface area (Å²) in [5.74, 6) is 0. The minimum absolute atomic E-state index is 0.623. The first-order chi connectivity index (χ1) is 8.63. The van der Waals surface area contributed by atoms with Crippen LogP contribution >= 0.6 is 15.9 Å². The molecule has 1 unspecified atom stereocenters. The maximum Gasteiger partial charge on any atom is 0.0738 e. The van der Waals surface area contributed by atoms with Crippen LogP contribution in [0, 0.1) is 6.92 Å². The lowest BCUT2D eigenvalue weighted by molar-refractivity contribution is 0.459. The van der Waals surface area contributed by atoms with E-state index in [1.54, 1.807) is 0 Å². The quantitative estimate of drug-likeness (QED) is 0.793. The second-order valence-electron chi connectivity index (χ2n) is 4.76. The van der Waals surface area contributed by atoms with E-state index in [9.17, 15) is 0 Å². The number of aryl methyl sites for hydroxylation is 2. The number of rotatable bonds is 8. The lowest BCUT2D eigenvalue weighted by Crippen LogP contribution is -2.29. The predicted molar refractivity (Wildman–Crippen MR) is 81.0 cm³/mol. The van der Waals surface area contributed by atoms with Gasteiger partial charge in [-0.25, -0.2) is 0 Å². The van der Waals surface area contributed by atoms with Gasteiger partial charge in [0.25, 0.3) is 0 Å². The van der Waals surface area contributed by atoms with Crippen molar-refractivity contribution in [2.75, 3.05) is 6.54 Å². The summed E-state index contributed by atoms with van der Waals surface area (Å²) < 4.78 is 3.31. The van der Waals surface area contributed by atoms with Gasteiger partial charge in [0.2, 0.25) is 0 Å². The van der Waals surface area contributed by atoms with Crippen molar-refractivity contribution in [2.45, 2.75) is 66.0 Å². The molecule has 0 aliphatic heterocycles. The summed E-state index contributed by atoms with van der Waals surface area (Å²) in [6.07, 6.45) is 4.66. The molecule has 3 nitrogen and oxygen atoms in total. The van der Waals surface area contributed by atoms with Crippen molar-refractivity contribution < 1.29 is 0 Å². The van der Waals surface area contributed by atoms with Gasteiger partial charge in [-0.3, -0.25) is 4.68 Å². The van der Waals surface area contributed by atoms with Crippen LogP contribution in [0.4, 0.5) is 0 Å².